The van der Waals surface area contributed by atoms with Crippen LogP contribution in [0.1, 0.15) is 26.2 Å². The van der Waals surface area contributed by atoms with Crippen molar-refractivity contribution >= 4 is 16.9 Å². The maximum absolute atomic E-state index is 12.5. The van der Waals surface area contributed by atoms with Gasteiger partial charge in [0.15, 0.2) is 11.2 Å². The topological polar surface area (TPSA) is 78.9 Å². The van der Waals surface area contributed by atoms with Gasteiger partial charge in [0.1, 0.15) is 5.78 Å². The largest absolute Gasteiger partial charge is 0.332 e. The molecule has 0 saturated heterocycles. The number of Topliss-reactive ketones (excluding diaryl/α,β-unsaturated/α-hetero) is 1. The van der Waals surface area contributed by atoms with Crippen LogP contribution in [0.3, 0.4) is 0 Å². The first kappa shape index (κ1) is 15.9. The molecule has 22 heavy (non-hydrogen) atoms. The lowest BCUT2D eigenvalue weighted by Crippen LogP contribution is -2.39. The van der Waals surface area contributed by atoms with Crippen LogP contribution in [0.4, 0.5) is 0 Å². The minimum atomic E-state index is -0.403. The number of aryl methyl sites for hydroxylation is 2. The van der Waals surface area contributed by atoms with E-state index in [4.69, 9.17) is 0 Å². The van der Waals surface area contributed by atoms with Crippen molar-refractivity contribution in [2.45, 2.75) is 39.3 Å². The first-order valence-corrected chi connectivity index (χ1v) is 7.22. The molecule has 0 amide bonds. The van der Waals surface area contributed by atoms with Gasteiger partial charge in [-0.15, -0.1) is 6.58 Å². The Bertz CT molecular complexity index is 826. The zero-order chi connectivity index (χ0) is 16.3. The highest BCUT2D eigenvalue weighted by Crippen LogP contribution is 2.08. The lowest BCUT2D eigenvalue weighted by molar-refractivity contribution is -0.117. The number of nitrogens with zero attached hydrogens (tertiary/aromatic N) is 4. The standard InChI is InChI=1S/C15H20N4O3/c1-4-8-19-14(21)12-13(17(3)15(19)22)16-10-18(12)9-6-5-7-11(2)20/h4,10H,1,5-9H2,2-3H3. The van der Waals surface area contributed by atoms with Gasteiger partial charge >= 0.3 is 5.69 Å². The minimum Gasteiger partial charge on any atom is -0.325 e. The monoisotopic (exact) mass is 304 g/mol. The fourth-order valence-electron chi connectivity index (χ4n) is 2.44. The third kappa shape index (κ3) is 2.93. The zero-order valence-corrected chi connectivity index (χ0v) is 12.9. The Balaban J connectivity index is 2.41. The normalized spacial score (nSPS) is 11.0. The van der Waals surface area contributed by atoms with Gasteiger partial charge in [-0.2, -0.15) is 0 Å². The van der Waals surface area contributed by atoms with Crippen molar-refractivity contribution in [2.24, 2.45) is 7.05 Å². The van der Waals surface area contributed by atoms with E-state index in [1.54, 1.807) is 24.9 Å². The average Bonchev–Trinajstić information content (AvgIpc) is 2.90. The summed E-state index contributed by atoms with van der Waals surface area (Å²) in [6.07, 6.45) is 5.15. The van der Waals surface area contributed by atoms with E-state index >= 15 is 0 Å². The molecular weight excluding hydrogens is 284 g/mol. The van der Waals surface area contributed by atoms with Gasteiger partial charge in [0, 0.05) is 26.6 Å². The number of hydrogen-bond acceptors (Lipinski definition) is 4. The molecule has 0 aliphatic heterocycles. The average molecular weight is 304 g/mol. The second-order valence-corrected chi connectivity index (χ2v) is 5.32. The van der Waals surface area contributed by atoms with Gasteiger partial charge in [-0.3, -0.25) is 13.9 Å². The van der Waals surface area contributed by atoms with Crippen LogP contribution in [0.25, 0.3) is 11.2 Å². The van der Waals surface area contributed by atoms with Gasteiger partial charge in [0.05, 0.1) is 6.33 Å². The predicted molar refractivity (Wildman–Crippen MR) is 84.0 cm³/mol. The molecule has 0 aromatic carbocycles. The number of hydrogen-bond donors (Lipinski definition) is 0. The maximum atomic E-state index is 12.5. The Labute approximate surface area is 127 Å². The molecule has 0 aliphatic carbocycles. The van der Waals surface area contributed by atoms with E-state index in [1.807, 2.05) is 0 Å². The zero-order valence-electron chi connectivity index (χ0n) is 12.9. The molecule has 2 rings (SSSR count). The SMILES string of the molecule is C=CCn1c(=O)c2c(ncn2CCCCC(C)=O)n(C)c1=O. The molecule has 0 radical (unpaired) electrons. The van der Waals surface area contributed by atoms with E-state index in [-0.39, 0.29) is 17.9 Å². The van der Waals surface area contributed by atoms with Crippen molar-refractivity contribution in [3.8, 4) is 0 Å². The first-order valence-electron chi connectivity index (χ1n) is 7.22. The lowest BCUT2D eigenvalue weighted by Gasteiger charge is -2.08. The van der Waals surface area contributed by atoms with Crippen molar-refractivity contribution in [3.05, 3.63) is 39.8 Å². The summed E-state index contributed by atoms with van der Waals surface area (Å²) in [6, 6.07) is 0. The summed E-state index contributed by atoms with van der Waals surface area (Å²) in [6.45, 7) is 5.89. The number of rotatable bonds is 7. The Hall–Kier alpha value is -2.44. The van der Waals surface area contributed by atoms with Crippen LogP contribution in [0.2, 0.25) is 0 Å². The van der Waals surface area contributed by atoms with Gasteiger partial charge in [-0.05, 0) is 19.8 Å². The molecule has 0 aliphatic rings. The third-order valence-electron chi connectivity index (χ3n) is 3.59. The first-order chi connectivity index (χ1) is 10.5. The fraction of sp³-hybridized carbons (Fsp3) is 0.467. The van der Waals surface area contributed by atoms with E-state index in [9.17, 15) is 14.4 Å². The second kappa shape index (κ2) is 6.55. The number of carbonyl (C=O) groups excluding carboxylic acids is 1. The van der Waals surface area contributed by atoms with Crippen molar-refractivity contribution in [2.75, 3.05) is 0 Å². The quantitative estimate of drug-likeness (QED) is 0.561. The molecule has 0 fully saturated rings. The lowest BCUT2D eigenvalue weighted by atomic mass is 10.2. The Morgan fingerprint density at radius 1 is 1.36 bits per heavy atom. The number of aromatic nitrogens is 4. The number of carbonyl (C=O) groups is 1. The van der Waals surface area contributed by atoms with Crippen LogP contribution in [0.5, 0.6) is 0 Å². The molecule has 7 heteroatoms. The van der Waals surface area contributed by atoms with Crippen LogP contribution in [0.15, 0.2) is 28.6 Å². The Morgan fingerprint density at radius 2 is 2.09 bits per heavy atom. The number of ketones is 1. The minimum absolute atomic E-state index is 0.159. The second-order valence-electron chi connectivity index (χ2n) is 5.32. The molecule has 2 aromatic heterocycles. The summed E-state index contributed by atoms with van der Waals surface area (Å²) >= 11 is 0. The number of unbranched alkanes of at least 4 members (excludes halogenated alkanes) is 1. The molecule has 118 valence electrons. The molecule has 7 nitrogen and oxygen atoms in total. The Kier molecular flexibility index (Phi) is 4.75. The summed E-state index contributed by atoms with van der Waals surface area (Å²) in [5, 5.41) is 0. The molecular formula is C15H20N4O3. The predicted octanol–water partition coefficient (Wildman–Crippen LogP) is 0.842. The van der Waals surface area contributed by atoms with E-state index < -0.39 is 5.69 Å². The highest BCUT2D eigenvalue weighted by molar-refractivity contribution is 5.75. The molecule has 0 bridgehead atoms. The smallest absolute Gasteiger partial charge is 0.325 e. The molecule has 0 atom stereocenters. The van der Waals surface area contributed by atoms with Crippen LogP contribution in [0, 0.1) is 0 Å². The van der Waals surface area contributed by atoms with Crippen molar-refractivity contribution in [1.29, 1.82) is 0 Å². The van der Waals surface area contributed by atoms with Gasteiger partial charge < -0.3 is 9.36 Å². The number of fused-ring (bicyclic) bond motifs is 1. The van der Waals surface area contributed by atoms with Gasteiger partial charge in [0.2, 0.25) is 0 Å². The van der Waals surface area contributed by atoms with Crippen LogP contribution in [-0.4, -0.2) is 24.5 Å². The molecule has 0 N–H and O–H groups in total. The highest BCUT2D eigenvalue weighted by Gasteiger charge is 2.15. The summed E-state index contributed by atoms with van der Waals surface area (Å²) in [7, 11) is 1.59. The van der Waals surface area contributed by atoms with Crippen LogP contribution >= 0.6 is 0 Å². The van der Waals surface area contributed by atoms with E-state index in [0.717, 1.165) is 17.4 Å². The van der Waals surface area contributed by atoms with E-state index in [0.29, 0.717) is 24.1 Å². The summed E-state index contributed by atoms with van der Waals surface area (Å²) in [4.78, 5) is 39.8. The van der Waals surface area contributed by atoms with Gasteiger partial charge in [-0.1, -0.05) is 6.08 Å². The molecule has 2 aromatic rings. The van der Waals surface area contributed by atoms with E-state index in [2.05, 4.69) is 11.6 Å². The maximum Gasteiger partial charge on any atom is 0.332 e. The van der Waals surface area contributed by atoms with Crippen LogP contribution in [-0.2, 0) is 24.9 Å². The van der Waals surface area contributed by atoms with E-state index in [1.165, 1.54) is 10.6 Å². The number of allylic oxidation sites excluding steroid dienone is 1. The van der Waals surface area contributed by atoms with Crippen LogP contribution < -0.4 is 11.2 Å². The Morgan fingerprint density at radius 3 is 2.73 bits per heavy atom. The summed E-state index contributed by atoms with van der Waals surface area (Å²) in [5.41, 5.74) is 0.0231. The van der Waals surface area contributed by atoms with Gasteiger partial charge in [-0.25, -0.2) is 9.78 Å². The summed E-state index contributed by atoms with van der Waals surface area (Å²) < 4.78 is 4.26. The molecule has 0 unspecified atom stereocenters. The van der Waals surface area contributed by atoms with Crippen molar-refractivity contribution in [3.63, 3.8) is 0 Å². The molecule has 0 saturated carbocycles. The molecule has 2 heterocycles. The third-order valence-corrected chi connectivity index (χ3v) is 3.59. The van der Waals surface area contributed by atoms with Gasteiger partial charge in [0.25, 0.3) is 5.56 Å². The fourth-order valence-corrected chi connectivity index (χ4v) is 2.44. The number of imidazole rings is 1. The highest BCUT2D eigenvalue weighted by atomic mass is 16.2. The van der Waals surface area contributed by atoms with Crippen molar-refractivity contribution in [1.82, 2.24) is 18.7 Å². The van der Waals surface area contributed by atoms with Crippen molar-refractivity contribution < 1.29 is 4.79 Å². The summed E-state index contributed by atoms with van der Waals surface area (Å²) in [5.74, 6) is 0.159. The molecule has 0 spiro atoms.